The number of aromatic nitrogens is 1. The molecule has 132 valence electrons. The van der Waals surface area contributed by atoms with Gasteiger partial charge in [0.25, 0.3) is 0 Å². The quantitative estimate of drug-likeness (QED) is 0.789. The molecule has 1 aliphatic heterocycles. The van der Waals surface area contributed by atoms with Gasteiger partial charge in [0.1, 0.15) is 0 Å². The van der Waals surface area contributed by atoms with E-state index in [0.29, 0.717) is 6.54 Å². The van der Waals surface area contributed by atoms with Gasteiger partial charge in [0.05, 0.1) is 6.04 Å². The number of amides is 1. The molecular formula is C21H27N3O. The van der Waals surface area contributed by atoms with Crippen molar-refractivity contribution in [2.45, 2.75) is 44.7 Å². The number of pyridine rings is 1. The highest BCUT2D eigenvalue weighted by Crippen LogP contribution is 2.19. The molecule has 1 fully saturated rings. The third-order valence-corrected chi connectivity index (χ3v) is 4.78. The number of hydrogen-bond acceptors (Lipinski definition) is 3. The number of benzene rings is 1. The van der Waals surface area contributed by atoms with Crippen molar-refractivity contribution >= 4 is 5.91 Å². The summed E-state index contributed by atoms with van der Waals surface area (Å²) in [6, 6.07) is 16.4. The lowest BCUT2D eigenvalue weighted by molar-refractivity contribution is -0.127. The predicted molar refractivity (Wildman–Crippen MR) is 100 cm³/mol. The summed E-state index contributed by atoms with van der Waals surface area (Å²) in [5.41, 5.74) is 2.36. The van der Waals surface area contributed by atoms with Gasteiger partial charge in [-0.3, -0.25) is 14.7 Å². The molecule has 1 atom stereocenters. The van der Waals surface area contributed by atoms with Crippen LogP contribution in [0.5, 0.6) is 0 Å². The van der Waals surface area contributed by atoms with E-state index in [0.717, 1.165) is 44.5 Å². The number of carbonyl (C=O) groups is 1. The summed E-state index contributed by atoms with van der Waals surface area (Å²) in [4.78, 5) is 19.3. The van der Waals surface area contributed by atoms with Crippen LogP contribution >= 0.6 is 0 Å². The topological polar surface area (TPSA) is 45.2 Å². The molecule has 4 nitrogen and oxygen atoms in total. The lowest BCUT2D eigenvalue weighted by atomic mass is 10.0. The minimum atomic E-state index is 0.00352. The first-order valence-corrected chi connectivity index (χ1v) is 9.28. The summed E-state index contributed by atoms with van der Waals surface area (Å²) < 4.78 is 0. The Morgan fingerprint density at radius 1 is 1.12 bits per heavy atom. The summed E-state index contributed by atoms with van der Waals surface area (Å²) in [6.45, 7) is 2.57. The second-order valence-electron chi connectivity index (χ2n) is 6.68. The third-order valence-electron chi connectivity index (χ3n) is 4.78. The minimum Gasteiger partial charge on any atom is -0.355 e. The van der Waals surface area contributed by atoms with E-state index in [1.165, 1.54) is 12.0 Å². The molecule has 1 aromatic carbocycles. The second kappa shape index (κ2) is 9.33. The van der Waals surface area contributed by atoms with Crippen molar-refractivity contribution in [3.8, 4) is 0 Å². The molecule has 0 bridgehead atoms. The maximum Gasteiger partial charge on any atom is 0.237 e. The second-order valence-corrected chi connectivity index (χ2v) is 6.68. The van der Waals surface area contributed by atoms with Gasteiger partial charge in [-0.05, 0) is 49.9 Å². The standard InChI is InChI=1S/C21H27N3O/c25-21(23-15-8-12-19-11-4-6-14-22-19)20-13-5-7-16-24(20)17-18-9-2-1-3-10-18/h1-4,6,9-11,14,20H,5,7-8,12-13,15-17H2,(H,23,25)/t20-/m0/s1. The number of rotatable bonds is 7. The lowest BCUT2D eigenvalue weighted by Gasteiger charge is -2.34. The summed E-state index contributed by atoms with van der Waals surface area (Å²) in [7, 11) is 0. The van der Waals surface area contributed by atoms with E-state index in [2.05, 4.69) is 39.5 Å². The Balaban J connectivity index is 1.47. The van der Waals surface area contributed by atoms with Gasteiger partial charge in [0.2, 0.25) is 5.91 Å². The highest BCUT2D eigenvalue weighted by Gasteiger charge is 2.28. The van der Waals surface area contributed by atoms with Gasteiger partial charge in [-0.15, -0.1) is 0 Å². The minimum absolute atomic E-state index is 0.00352. The summed E-state index contributed by atoms with van der Waals surface area (Å²) >= 11 is 0. The molecule has 25 heavy (non-hydrogen) atoms. The van der Waals surface area contributed by atoms with Gasteiger partial charge in [0.15, 0.2) is 0 Å². The maximum atomic E-state index is 12.6. The molecule has 2 aromatic rings. The zero-order chi connectivity index (χ0) is 17.3. The van der Waals surface area contributed by atoms with E-state index in [9.17, 15) is 4.79 Å². The van der Waals surface area contributed by atoms with Gasteiger partial charge in [-0.25, -0.2) is 0 Å². The monoisotopic (exact) mass is 337 g/mol. The molecule has 3 rings (SSSR count). The maximum absolute atomic E-state index is 12.6. The molecule has 0 spiro atoms. The highest BCUT2D eigenvalue weighted by atomic mass is 16.2. The van der Waals surface area contributed by atoms with E-state index < -0.39 is 0 Å². The van der Waals surface area contributed by atoms with Crippen LogP contribution in [-0.4, -0.2) is 34.9 Å². The molecule has 0 unspecified atom stereocenters. The zero-order valence-electron chi connectivity index (χ0n) is 14.7. The van der Waals surface area contributed by atoms with Crippen molar-refractivity contribution in [1.29, 1.82) is 0 Å². The first-order valence-electron chi connectivity index (χ1n) is 9.28. The SMILES string of the molecule is O=C(NCCCc1ccccn1)[C@@H]1CCCCN1Cc1ccccc1. The van der Waals surface area contributed by atoms with Gasteiger partial charge >= 0.3 is 0 Å². The molecule has 1 aliphatic rings. The molecular weight excluding hydrogens is 310 g/mol. The van der Waals surface area contributed by atoms with E-state index >= 15 is 0 Å². The Morgan fingerprint density at radius 2 is 1.96 bits per heavy atom. The molecule has 1 aromatic heterocycles. The fourth-order valence-electron chi connectivity index (χ4n) is 3.44. The largest absolute Gasteiger partial charge is 0.355 e. The Bertz CT molecular complexity index is 645. The zero-order valence-corrected chi connectivity index (χ0v) is 14.7. The molecule has 0 aliphatic carbocycles. The first kappa shape index (κ1) is 17.6. The Labute approximate surface area is 150 Å². The fraction of sp³-hybridized carbons (Fsp3) is 0.429. The Kier molecular flexibility index (Phi) is 6.57. The van der Waals surface area contributed by atoms with Crippen molar-refractivity contribution in [3.05, 3.63) is 66.0 Å². The summed E-state index contributed by atoms with van der Waals surface area (Å²) in [6.07, 6.45) is 6.91. The average Bonchev–Trinajstić information content (AvgIpc) is 2.67. The molecule has 1 amide bonds. The fourth-order valence-corrected chi connectivity index (χ4v) is 3.44. The molecule has 4 heteroatoms. The van der Waals surface area contributed by atoms with Crippen LogP contribution in [0.2, 0.25) is 0 Å². The van der Waals surface area contributed by atoms with E-state index in [4.69, 9.17) is 0 Å². The van der Waals surface area contributed by atoms with Crippen LogP contribution < -0.4 is 5.32 Å². The van der Waals surface area contributed by atoms with Crippen LogP contribution in [0.4, 0.5) is 0 Å². The van der Waals surface area contributed by atoms with Gasteiger partial charge < -0.3 is 5.32 Å². The van der Waals surface area contributed by atoms with Crippen LogP contribution in [0.25, 0.3) is 0 Å². The molecule has 0 saturated carbocycles. The van der Waals surface area contributed by atoms with Crippen molar-refractivity contribution in [2.24, 2.45) is 0 Å². The average molecular weight is 337 g/mol. The molecule has 2 heterocycles. The van der Waals surface area contributed by atoms with Gasteiger partial charge in [0, 0.05) is 25.0 Å². The number of aryl methyl sites for hydroxylation is 1. The third kappa shape index (κ3) is 5.40. The Hall–Kier alpha value is -2.20. The molecule has 1 saturated heterocycles. The molecule has 1 N–H and O–H groups in total. The van der Waals surface area contributed by atoms with Crippen molar-refractivity contribution in [3.63, 3.8) is 0 Å². The smallest absolute Gasteiger partial charge is 0.237 e. The van der Waals surface area contributed by atoms with E-state index in [1.54, 1.807) is 0 Å². The summed E-state index contributed by atoms with van der Waals surface area (Å²) in [5, 5.41) is 3.13. The van der Waals surface area contributed by atoms with Crippen LogP contribution in [0, 0.1) is 0 Å². The lowest BCUT2D eigenvalue weighted by Crippen LogP contribution is -2.49. The van der Waals surface area contributed by atoms with Crippen molar-refractivity contribution < 1.29 is 4.79 Å². The number of hydrogen-bond donors (Lipinski definition) is 1. The van der Waals surface area contributed by atoms with Crippen LogP contribution in [0.3, 0.4) is 0 Å². The van der Waals surface area contributed by atoms with Crippen molar-refractivity contribution in [2.75, 3.05) is 13.1 Å². The van der Waals surface area contributed by atoms with Crippen LogP contribution in [0.1, 0.15) is 36.9 Å². The van der Waals surface area contributed by atoms with Crippen LogP contribution in [-0.2, 0) is 17.8 Å². The predicted octanol–water partition coefficient (Wildman–Crippen LogP) is 3.19. The number of piperidine rings is 1. The van der Waals surface area contributed by atoms with Crippen LogP contribution in [0.15, 0.2) is 54.7 Å². The number of carbonyl (C=O) groups excluding carboxylic acids is 1. The van der Waals surface area contributed by atoms with E-state index in [1.807, 2.05) is 30.5 Å². The summed E-state index contributed by atoms with van der Waals surface area (Å²) in [5.74, 6) is 0.177. The number of likely N-dealkylation sites (tertiary alicyclic amines) is 1. The normalized spacial score (nSPS) is 18.0. The van der Waals surface area contributed by atoms with E-state index in [-0.39, 0.29) is 11.9 Å². The Morgan fingerprint density at radius 3 is 2.76 bits per heavy atom. The van der Waals surface area contributed by atoms with Gasteiger partial charge in [-0.1, -0.05) is 42.8 Å². The van der Waals surface area contributed by atoms with Gasteiger partial charge in [-0.2, -0.15) is 0 Å². The first-order chi connectivity index (χ1) is 12.3. The molecule has 0 radical (unpaired) electrons. The number of nitrogens with zero attached hydrogens (tertiary/aromatic N) is 2. The number of nitrogens with one attached hydrogen (secondary N) is 1. The van der Waals surface area contributed by atoms with Crippen molar-refractivity contribution in [1.82, 2.24) is 15.2 Å². The highest BCUT2D eigenvalue weighted by molar-refractivity contribution is 5.81.